The van der Waals surface area contributed by atoms with Gasteiger partial charge in [-0.05, 0) is 26.3 Å². The van der Waals surface area contributed by atoms with Crippen molar-refractivity contribution in [1.82, 2.24) is 9.78 Å². The minimum absolute atomic E-state index is 0.00287. The molecular weight excluding hydrogens is 378 g/mol. The van der Waals surface area contributed by atoms with Crippen molar-refractivity contribution in [2.75, 3.05) is 5.32 Å². The standard InChI is InChI=1S/C15H17N5O6S/c1-6(2)26-15(23)9-7(3)11(12(16)21)27-14(9)17-13(22)10-8(20(24)25)5-19(4)18-10/h5-6H,1-4H3,(H2,16,21)(H,17,22). The molecule has 0 unspecified atom stereocenters. The number of nitrogens with one attached hydrogen (secondary N) is 1. The molecule has 144 valence electrons. The number of nitrogens with two attached hydrogens (primary N) is 1. The highest BCUT2D eigenvalue weighted by Gasteiger charge is 2.30. The summed E-state index contributed by atoms with van der Waals surface area (Å²) in [6.07, 6.45) is 0.645. The van der Waals surface area contributed by atoms with E-state index in [1.54, 1.807) is 13.8 Å². The van der Waals surface area contributed by atoms with Crippen molar-refractivity contribution in [3.05, 3.63) is 38.0 Å². The van der Waals surface area contributed by atoms with Crippen LogP contribution >= 0.6 is 11.3 Å². The number of primary amides is 1. The molecule has 2 amide bonds. The molecule has 0 aliphatic heterocycles. The average Bonchev–Trinajstić information content (AvgIpc) is 3.07. The molecule has 0 spiro atoms. The van der Waals surface area contributed by atoms with Crippen LogP contribution in [0.4, 0.5) is 10.7 Å². The number of aromatic nitrogens is 2. The summed E-state index contributed by atoms with van der Waals surface area (Å²) < 4.78 is 6.26. The van der Waals surface area contributed by atoms with Crippen LogP contribution in [0.3, 0.4) is 0 Å². The molecule has 11 nitrogen and oxygen atoms in total. The van der Waals surface area contributed by atoms with Gasteiger partial charge in [-0.25, -0.2) is 4.79 Å². The van der Waals surface area contributed by atoms with Crippen molar-refractivity contribution >= 4 is 39.8 Å². The Morgan fingerprint density at radius 2 is 2.04 bits per heavy atom. The highest BCUT2D eigenvalue weighted by atomic mass is 32.1. The predicted octanol–water partition coefficient (Wildman–Crippen LogP) is 1.61. The first-order valence-corrected chi connectivity index (χ1v) is 8.48. The largest absolute Gasteiger partial charge is 0.459 e. The predicted molar refractivity (Wildman–Crippen MR) is 95.9 cm³/mol. The van der Waals surface area contributed by atoms with Crippen LogP contribution in [0.2, 0.25) is 0 Å². The van der Waals surface area contributed by atoms with Crippen LogP contribution < -0.4 is 11.1 Å². The van der Waals surface area contributed by atoms with Crippen molar-refractivity contribution in [2.45, 2.75) is 26.9 Å². The zero-order chi connectivity index (χ0) is 20.5. The molecular formula is C15H17N5O6S. The second-order valence-electron chi connectivity index (χ2n) is 5.83. The highest BCUT2D eigenvalue weighted by Crippen LogP contribution is 2.34. The van der Waals surface area contributed by atoms with E-state index < -0.39 is 40.2 Å². The van der Waals surface area contributed by atoms with Gasteiger partial charge in [0.25, 0.3) is 11.8 Å². The third kappa shape index (κ3) is 4.11. The second kappa shape index (κ2) is 7.53. The number of carbonyl (C=O) groups is 3. The first kappa shape index (κ1) is 20.0. The molecule has 0 aromatic carbocycles. The molecule has 3 N–H and O–H groups in total. The summed E-state index contributed by atoms with van der Waals surface area (Å²) in [5, 5.41) is 17.2. The summed E-state index contributed by atoms with van der Waals surface area (Å²) in [7, 11) is 1.43. The Balaban J connectivity index is 2.47. The summed E-state index contributed by atoms with van der Waals surface area (Å²) in [6, 6.07) is 0. The first-order chi connectivity index (χ1) is 12.5. The molecule has 0 aliphatic carbocycles. The number of hydrogen-bond donors (Lipinski definition) is 2. The van der Waals surface area contributed by atoms with Gasteiger partial charge in [0.15, 0.2) is 0 Å². The van der Waals surface area contributed by atoms with Crippen LogP contribution in [-0.2, 0) is 11.8 Å². The Morgan fingerprint density at radius 3 is 2.56 bits per heavy atom. The van der Waals surface area contributed by atoms with Gasteiger partial charge in [-0.15, -0.1) is 11.3 Å². The maximum atomic E-state index is 12.5. The minimum Gasteiger partial charge on any atom is -0.459 e. The summed E-state index contributed by atoms with van der Waals surface area (Å²) in [4.78, 5) is 46.9. The summed E-state index contributed by atoms with van der Waals surface area (Å²) >= 11 is 0.782. The summed E-state index contributed by atoms with van der Waals surface area (Å²) in [5.41, 5.74) is 4.60. The fourth-order valence-corrected chi connectivity index (χ4v) is 3.33. The molecule has 0 aliphatic rings. The van der Waals surface area contributed by atoms with E-state index in [9.17, 15) is 24.5 Å². The van der Waals surface area contributed by atoms with Gasteiger partial charge in [0.1, 0.15) is 11.2 Å². The number of nitrogens with zero attached hydrogens (tertiary/aromatic N) is 3. The van der Waals surface area contributed by atoms with Gasteiger partial charge in [-0.3, -0.25) is 24.4 Å². The van der Waals surface area contributed by atoms with Crippen LogP contribution in [0.15, 0.2) is 6.20 Å². The number of thiophene rings is 1. The Morgan fingerprint density at radius 1 is 1.41 bits per heavy atom. The monoisotopic (exact) mass is 395 g/mol. The topological polar surface area (TPSA) is 159 Å². The molecule has 2 rings (SSSR count). The van der Waals surface area contributed by atoms with E-state index in [1.165, 1.54) is 14.0 Å². The molecule has 0 saturated heterocycles. The van der Waals surface area contributed by atoms with Crippen LogP contribution in [0.1, 0.15) is 49.9 Å². The lowest BCUT2D eigenvalue weighted by atomic mass is 10.1. The molecule has 0 radical (unpaired) electrons. The lowest BCUT2D eigenvalue weighted by molar-refractivity contribution is -0.385. The van der Waals surface area contributed by atoms with Gasteiger partial charge >= 0.3 is 11.7 Å². The minimum atomic E-state index is -0.904. The van der Waals surface area contributed by atoms with Crippen molar-refractivity contribution in [2.24, 2.45) is 12.8 Å². The molecule has 27 heavy (non-hydrogen) atoms. The van der Waals surface area contributed by atoms with E-state index in [0.717, 1.165) is 22.2 Å². The Labute approximate surface area is 157 Å². The van der Waals surface area contributed by atoms with Crippen molar-refractivity contribution in [3.8, 4) is 0 Å². The SMILES string of the molecule is Cc1c(C(N)=O)sc(NC(=O)c2nn(C)cc2[N+](=O)[O-])c1C(=O)OC(C)C. The van der Waals surface area contributed by atoms with E-state index in [1.807, 2.05) is 0 Å². The Hall–Kier alpha value is -3.28. The zero-order valence-electron chi connectivity index (χ0n) is 14.9. The third-order valence-electron chi connectivity index (χ3n) is 3.37. The van der Waals surface area contributed by atoms with Crippen molar-refractivity contribution in [1.29, 1.82) is 0 Å². The molecule has 0 fully saturated rings. The molecule has 12 heteroatoms. The van der Waals surface area contributed by atoms with E-state index in [2.05, 4.69) is 10.4 Å². The van der Waals surface area contributed by atoms with E-state index in [4.69, 9.17) is 10.5 Å². The number of ether oxygens (including phenoxy) is 1. The number of aryl methyl sites for hydroxylation is 1. The van der Waals surface area contributed by atoms with Gasteiger partial charge in [0.05, 0.1) is 21.5 Å². The summed E-state index contributed by atoms with van der Waals surface area (Å²) in [5.74, 6) is -2.43. The van der Waals surface area contributed by atoms with Gasteiger partial charge in [-0.1, -0.05) is 0 Å². The smallest absolute Gasteiger partial charge is 0.341 e. The van der Waals surface area contributed by atoms with Crippen LogP contribution in [0.5, 0.6) is 0 Å². The third-order valence-corrected chi connectivity index (χ3v) is 4.59. The van der Waals surface area contributed by atoms with E-state index in [-0.39, 0.29) is 21.0 Å². The highest BCUT2D eigenvalue weighted by molar-refractivity contribution is 7.18. The van der Waals surface area contributed by atoms with Crippen molar-refractivity contribution < 1.29 is 24.0 Å². The average molecular weight is 395 g/mol. The summed E-state index contributed by atoms with van der Waals surface area (Å²) in [6.45, 7) is 4.78. The zero-order valence-corrected chi connectivity index (χ0v) is 15.7. The van der Waals surface area contributed by atoms with Crippen LogP contribution in [0.25, 0.3) is 0 Å². The molecule has 2 aromatic heterocycles. The van der Waals surface area contributed by atoms with Crippen LogP contribution in [-0.4, -0.2) is 38.6 Å². The van der Waals surface area contributed by atoms with Crippen molar-refractivity contribution in [3.63, 3.8) is 0 Å². The fraction of sp³-hybridized carbons (Fsp3) is 0.333. The van der Waals surface area contributed by atoms with E-state index >= 15 is 0 Å². The fourth-order valence-electron chi connectivity index (χ4n) is 2.29. The number of esters is 1. The first-order valence-electron chi connectivity index (χ1n) is 7.66. The van der Waals surface area contributed by atoms with Gasteiger partial charge in [0, 0.05) is 7.05 Å². The van der Waals surface area contributed by atoms with E-state index in [0.29, 0.717) is 0 Å². The lowest BCUT2D eigenvalue weighted by Crippen LogP contribution is -2.18. The number of anilines is 1. The molecule has 2 aromatic rings. The quantitative estimate of drug-likeness (QED) is 0.427. The molecule has 0 bridgehead atoms. The molecule has 2 heterocycles. The number of amides is 2. The van der Waals surface area contributed by atoms with Gasteiger partial charge in [0.2, 0.25) is 5.69 Å². The molecule has 0 saturated carbocycles. The number of nitro groups is 1. The Bertz CT molecular complexity index is 945. The van der Waals surface area contributed by atoms with Gasteiger partial charge < -0.3 is 15.8 Å². The van der Waals surface area contributed by atoms with Gasteiger partial charge in [-0.2, -0.15) is 5.10 Å². The lowest BCUT2D eigenvalue weighted by Gasteiger charge is -2.10. The second-order valence-corrected chi connectivity index (χ2v) is 6.85. The maximum absolute atomic E-state index is 12.5. The number of hydrogen-bond acceptors (Lipinski definition) is 8. The number of carbonyl (C=O) groups excluding carboxylic acids is 3. The number of rotatable bonds is 6. The molecule has 0 atom stereocenters. The normalized spacial score (nSPS) is 10.7. The Kier molecular flexibility index (Phi) is 5.59. The maximum Gasteiger partial charge on any atom is 0.341 e. The van der Waals surface area contributed by atoms with Crippen LogP contribution in [0, 0.1) is 17.0 Å².